The highest BCUT2D eigenvalue weighted by atomic mass is 35.5. The van der Waals surface area contributed by atoms with Crippen LogP contribution in [0.15, 0.2) is 22.4 Å². The normalized spacial score (nSPS) is 17.4. The van der Waals surface area contributed by atoms with Gasteiger partial charge in [-0.25, -0.2) is 0 Å². The van der Waals surface area contributed by atoms with E-state index in [9.17, 15) is 0 Å². The van der Waals surface area contributed by atoms with Crippen molar-refractivity contribution in [2.45, 2.75) is 26.7 Å². The summed E-state index contributed by atoms with van der Waals surface area (Å²) in [6.45, 7) is 3.90. The quantitative estimate of drug-likeness (QED) is 0.655. The van der Waals surface area contributed by atoms with E-state index < -0.39 is 0 Å². The van der Waals surface area contributed by atoms with Gasteiger partial charge in [0.15, 0.2) is 0 Å². The molecule has 0 fully saturated rings. The van der Waals surface area contributed by atoms with Crippen molar-refractivity contribution >= 4 is 28.8 Å². The van der Waals surface area contributed by atoms with E-state index in [1.165, 1.54) is 5.57 Å². The Hall–Kier alpha value is -0.340. The highest BCUT2D eigenvalue weighted by Gasteiger charge is 2.10. The lowest BCUT2D eigenvalue weighted by Gasteiger charge is -2.16. The zero-order chi connectivity index (χ0) is 9.14. The fourth-order valence-corrected chi connectivity index (χ4v) is 1.61. The SMILES string of the molecule is CC(=S)NC1=C(Cl)CCC=C1C. The van der Waals surface area contributed by atoms with Gasteiger partial charge in [0.25, 0.3) is 0 Å². The zero-order valence-corrected chi connectivity index (χ0v) is 8.85. The molecular weight excluding hydrogens is 190 g/mol. The standard InChI is InChI=1S/C9H12ClNS/c1-6-4-3-5-8(10)9(6)11-7(2)12/h4H,3,5H2,1-2H3,(H,11,12). The summed E-state index contributed by atoms with van der Waals surface area (Å²) in [6, 6.07) is 0. The van der Waals surface area contributed by atoms with Crippen molar-refractivity contribution in [1.29, 1.82) is 0 Å². The summed E-state index contributed by atoms with van der Waals surface area (Å²) in [5.41, 5.74) is 2.19. The minimum atomic E-state index is 0.762. The topological polar surface area (TPSA) is 12.0 Å². The molecule has 0 saturated heterocycles. The van der Waals surface area contributed by atoms with E-state index in [1.807, 2.05) is 13.8 Å². The summed E-state index contributed by atoms with van der Waals surface area (Å²) in [6.07, 6.45) is 4.13. The van der Waals surface area contributed by atoms with Crippen LogP contribution in [0.1, 0.15) is 26.7 Å². The van der Waals surface area contributed by atoms with Crippen LogP contribution < -0.4 is 5.32 Å². The van der Waals surface area contributed by atoms with E-state index in [0.29, 0.717) is 0 Å². The third-order valence-corrected chi connectivity index (χ3v) is 2.26. The van der Waals surface area contributed by atoms with E-state index in [1.54, 1.807) is 0 Å². The third kappa shape index (κ3) is 2.32. The van der Waals surface area contributed by atoms with Crippen LogP contribution in [0.3, 0.4) is 0 Å². The van der Waals surface area contributed by atoms with Crippen LogP contribution in [-0.2, 0) is 0 Å². The number of halogens is 1. The maximum absolute atomic E-state index is 6.04. The Balaban J connectivity index is 2.83. The lowest BCUT2D eigenvalue weighted by atomic mass is 10.0. The van der Waals surface area contributed by atoms with Crippen LogP contribution in [0.5, 0.6) is 0 Å². The first-order valence-corrected chi connectivity index (χ1v) is 4.73. The first kappa shape index (κ1) is 9.75. The second-order valence-electron chi connectivity index (χ2n) is 2.89. The third-order valence-electron chi connectivity index (χ3n) is 1.78. The van der Waals surface area contributed by atoms with Gasteiger partial charge in [0.1, 0.15) is 0 Å². The molecule has 0 radical (unpaired) electrons. The molecule has 1 aliphatic carbocycles. The Kier molecular flexibility index (Phi) is 3.29. The molecule has 12 heavy (non-hydrogen) atoms. The summed E-state index contributed by atoms with van der Waals surface area (Å²) >= 11 is 11.0. The van der Waals surface area contributed by atoms with Gasteiger partial charge in [0.05, 0.1) is 10.7 Å². The Morgan fingerprint density at radius 3 is 2.83 bits per heavy atom. The Bertz CT molecular complexity index is 266. The van der Waals surface area contributed by atoms with Gasteiger partial charge in [-0.3, -0.25) is 0 Å². The summed E-state index contributed by atoms with van der Waals surface area (Å²) < 4.78 is 0. The molecule has 0 aromatic carbocycles. The first-order chi connectivity index (χ1) is 5.61. The Morgan fingerprint density at radius 2 is 2.33 bits per heavy atom. The van der Waals surface area contributed by atoms with Gasteiger partial charge >= 0.3 is 0 Å². The molecule has 1 N–H and O–H groups in total. The molecule has 0 amide bonds. The van der Waals surface area contributed by atoms with E-state index in [2.05, 4.69) is 11.4 Å². The predicted molar refractivity (Wildman–Crippen MR) is 57.3 cm³/mol. The molecular formula is C9H12ClNS. The molecule has 0 aromatic rings. The highest BCUT2D eigenvalue weighted by Crippen LogP contribution is 2.25. The largest absolute Gasteiger partial charge is 0.349 e. The molecule has 0 aliphatic heterocycles. The number of hydrogen-bond donors (Lipinski definition) is 1. The molecule has 0 spiro atoms. The van der Waals surface area contributed by atoms with Gasteiger partial charge < -0.3 is 5.32 Å². The van der Waals surface area contributed by atoms with Crippen molar-refractivity contribution in [2.24, 2.45) is 0 Å². The van der Waals surface area contributed by atoms with Gasteiger partial charge in [-0.1, -0.05) is 29.9 Å². The highest BCUT2D eigenvalue weighted by molar-refractivity contribution is 7.80. The summed E-state index contributed by atoms with van der Waals surface area (Å²) in [7, 11) is 0. The molecule has 0 heterocycles. The van der Waals surface area contributed by atoms with Crippen LogP contribution in [0.2, 0.25) is 0 Å². The molecule has 0 saturated carbocycles. The summed E-state index contributed by atoms with van der Waals surface area (Å²) in [5, 5.41) is 3.98. The molecule has 0 atom stereocenters. The number of allylic oxidation sites excluding steroid dienone is 3. The van der Waals surface area contributed by atoms with Crippen molar-refractivity contribution in [1.82, 2.24) is 5.32 Å². The molecule has 1 rings (SSSR count). The van der Waals surface area contributed by atoms with E-state index in [0.717, 1.165) is 28.6 Å². The zero-order valence-electron chi connectivity index (χ0n) is 7.28. The monoisotopic (exact) mass is 201 g/mol. The van der Waals surface area contributed by atoms with E-state index >= 15 is 0 Å². The Morgan fingerprint density at radius 1 is 1.67 bits per heavy atom. The second kappa shape index (κ2) is 4.06. The van der Waals surface area contributed by atoms with Gasteiger partial charge in [-0.05, 0) is 32.3 Å². The van der Waals surface area contributed by atoms with Gasteiger partial charge in [0.2, 0.25) is 0 Å². The first-order valence-electron chi connectivity index (χ1n) is 3.94. The van der Waals surface area contributed by atoms with Gasteiger partial charge in [0, 0.05) is 5.03 Å². The maximum atomic E-state index is 6.04. The smallest absolute Gasteiger partial charge is 0.0766 e. The number of thiocarbonyl (C=S) groups is 1. The van der Waals surface area contributed by atoms with E-state index in [-0.39, 0.29) is 0 Å². The van der Waals surface area contributed by atoms with Crippen molar-refractivity contribution in [2.75, 3.05) is 0 Å². The summed E-state index contributed by atoms with van der Waals surface area (Å²) in [5.74, 6) is 0. The molecule has 1 nitrogen and oxygen atoms in total. The van der Waals surface area contributed by atoms with Crippen LogP contribution in [0.25, 0.3) is 0 Å². The summed E-state index contributed by atoms with van der Waals surface area (Å²) in [4.78, 5) is 0.762. The number of rotatable bonds is 1. The molecule has 3 heteroatoms. The van der Waals surface area contributed by atoms with Gasteiger partial charge in [-0.15, -0.1) is 0 Å². The van der Waals surface area contributed by atoms with Crippen molar-refractivity contribution in [3.63, 3.8) is 0 Å². The van der Waals surface area contributed by atoms with Crippen LogP contribution in [0.4, 0.5) is 0 Å². The molecule has 1 aliphatic rings. The van der Waals surface area contributed by atoms with Crippen LogP contribution >= 0.6 is 23.8 Å². The van der Waals surface area contributed by atoms with Crippen LogP contribution in [-0.4, -0.2) is 4.99 Å². The predicted octanol–water partition coefficient (Wildman–Crippen LogP) is 3.11. The number of hydrogen-bond acceptors (Lipinski definition) is 1. The molecule has 0 aromatic heterocycles. The molecule has 0 unspecified atom stereocenters. The van der Waals surface area contributed by atoms with Crippen LogP contribution in [0, 0.1) is 0 Å². The average Bonchev–Trinajstić information content (AvgIpc) is 1.97. The molecule has 66 valence electrons. The fourth-order valence-electron chi connectivity index (χ4n) is 1.20. The average molecular weight is 202 g/mol. The number of nitrogens with one attached hydrogen (secondary N) is 1. The minimum absolute atomic E-state index is 0.762. The molecule has 0 bridgehead atoms. The lowest BCUT2D eigenvalue weighted by molar-refractivity contribution is 0.936. The minimum Gasteiger partial charge on any atom is -0.349 e. The van der Waals surface area contributed by atoms with Gasteiger partial charge in [-0.2, -0.15) is 0 Å². The second-order valence-corrected chi connectivity index (χ2v) is 3.96. The van der Waals surface area contributed by atoms with Crippen molar-refractivity contribution in [3.8, 4) is 0 Å². The fraction of sp³-hybridized carbons (Fsp3) is 0.444. The Labute approximate surface area is 83.5 Å². The lowest BCUT2D eigenvalue weighted by Crippen LogP contribution is -2.20. The van der Waals surface area contributed by atoms with Crippen molar-refractivity contribution in [3.05, 3.63) is 22.4 Å². The van der Waals surface area contributed by atoms with Crippen molar-refractivity contribution < 1.29 is 0 Å². The maximum Gasteiger partial charge on any atom is 0.0766 e. The van der Waals surface area contributed by atoms with E-state index in [4.69, 9.17) is 23.8 Å².